The number of hydrogen-bond acceptors (Lipinski definition) is 6. The third-order valence-corrected chi connectivity index (χ3v) is 6.00. The predicted molar refractivity (Wildman–Crippen MR) is 145 cm³/mol. The van der Waals surface area contributed by atoms with Gasteiger partial charge in [-0.05, 0) is 72.0 Å². The van der Waals surface area contributed by atoms with E-state index in [1.165, 1.54) is 16.7 Å². The fourth-order valence-corrected chi connectivity index (χ4v) is 4.45. The number of nitrogens with zero attached hydrogens (tertiary/aromatic N) is 2. The Morgan fingerprint density at radius 3 is 2.22 bits per heavy atom. The molecule has 9 heteroatoms. The topological polar surface area (TPSA) is 112 Å². The average molecular weight is 519 g/mol. The molecule has 0 saturated heterocycles. The Morgan fingerprint density at radius 2 is 1.72 bits per heavy atom. The third kappa shape index (κ3) is 10.5. The molecule has 0 heterocycles. The van der Waals surface area contributed by atoms with E-state index in [9.17, 15) is 19.6 Å². The van der Waals surface area contributed by atoms with Gasteiger partial charge in [-0.3, -0.25) is 9.59 Å². The average Bonchev–Trinajstić information content (AvgIpc) is 2.74. The Morgan fingerprint density at radius 1 is 1.11 bits per heavy atom. The Kier molecular flexibility index (Phi) is 12.8. The molecule has 0 spiro atoms. The van der Waals surface area contributed by atoms with E-state index in [1.807, 2.05) is 58.2 Å². The van der Waals surface area contributed by atoms with Gasteiger partial charge in [0, 0.05) is 6.04 Å². The maximum atomic E-state index is 13.9. The second-order valence-corrected chi connectivity index (χ2v) is 11.1. The summed E-state index contributed by atoms with van der Waals surface area (Å²) in [5, 5.41) is 15.3. The van der Waals surface area contributed by atoms with Crippen LogP contribution in [0, 0.1) is 25.2 Å². The Labute approximate surface area is 220 Å². The van der Waals surface area contributed by atoms with Gasteiger partial charge >= 0.3 is 6.09 Å². The lowest BCUT2D eigenvalue weighted by Gasteiger charge is -2.33. The van der Waals surface area contributed by atoms with Gasteiger partial charge in [0.05, 0.1) is 6.07 Å². The summed E-state index contributed by atoms with van der Waals surface area (Å²) < 4.78 is 5.37. The molecule has 1 aromatic carbocycles. The highest BCUT2D eigenvalue weighted by molar-refractivity contribution is 7.98. The fraction of sp³-hybridized carbons (Fsp3) is 0.630. The van der Waals surface area contributed by atoms with E-state index in [0.29, 0.717) is 17.7 Å². The standard InChI is InChI=1S/C27H42N4O4S/c1-9-10-20(4)29-24(32)23(21-16-18(2)15-19(3)17-21)31(13-12-28)25(33)22(11-14-36-8)30-26(34)35-27(5,6)7/h15-17,20,22-23H,9-11,13-14H2,1-8H3,(H,29,32)(H,30,34). The first-order chi connectivity index (χ1) is 16.8. The SMILES string of the molecule is CCCC(C)NC(=O)C(c1cc(C)cc(C)c1)N(CC#N)C(=O)C(CCSC)NC(=O)OC(C)(C)C. The van der Waals surface area contributed by atoms with E-state index in [1.54, 1.807) is 20.8 Å². The normalized spacial score (nSPS) is 13.6. The minimum atomic E-state index is -1.02. The van der Waals surface area contributed by atoms with Crippen LogP contribution < -0.4 is 10.6 Å². The summed E-state index contributed by atoms with van der Waals surface area (Å²) in [6.45, 7) is 12.7. The van der Waals surface area contributed by atoms with Crippen LogP contribution >= 0.6 is 11.8 Å². The van der Waals surface area contributed by atoms with Crippen molar-refractivity contribution in [1.29, 1.82) is 5.26 Å². The van der Waals surface area contributed by atoms with E-state index >= 15 is 0 Å². The van der Waals surface area contributed by atoms with Gasteiger partial charge < -0.3 is 20.3 Å². The molecule has 0 bridgehead atoms. The maximum absolute atomic E-state index is 13.9. The molecule has 0 radical (unpaired) electrons. The minimum Gasteiger partial charge on any atom is -0.444 e. The molecule has 200 valence electrons. The zero-order valence-corrected chi connectivity index (χ0v) is 23.8. The molecule has 0 aliphatic rings. The quantitative estimate of drug-likeness (QED) is 0.390. The smallest absolute Gasteiger partial charge is 0.408 e. The van der Waals surface area contributed by atoms with Crippen molar-refractivity contribution in [1.82, 2.24) is 15.5 Å². The number of benzene rings is 1. The van der Waals surface area contributed by atoms with Crippen LogP contribution in [0.25, 0.3) is 0 Å². The monoisotopic (exact) mass is 518 g/mol. The van der Waals surface area contributed by atoms with E-state index in [2.05, 4.69) is 10.6 Å². The molecule has 1 aromatic rings. The molecular formula is C27H42N4O4S. The fourth-order valence-electron chi connectivity index (χ4n) is 3.98. The Balaban J connectivity index is 3.48. The van der Waals surface area contributed by atoms with Gasteiger partial charge in [0.15, 0.2) is 0 Å². The Hall–Kier alpha value is -2.73. The molecule has 2 N–H and O–H groups in total. The van der Waals surface area contributed by atoms with Crippen LogP contribution in [0.15, 0.2) is 18.2 Å². The van der Waals surface area contributed by atoms with Gasteiger partial charge in [0.1, 0.15) is 24.2 Å². The molecule has 1 rings (SSSR count). The molecular weight excluding hydrogens is 476 g/mol. The van der Waals surface area contributed by atoms with Gasteiger partial charge in [-0.1, -0.05) is 42.7 Å². The minimum absolute atomic E-state index is 0.0953. The zero-order valence-electron chi connectivity index (χ0n) is 22.9. The summed E-state index contributed by atoms with van der Waals surface area (Å²) >= 11 is 1.53. The molecule has 3 atom stereocenters. The van der Waals surface area contributed by atoms with Gasteiger partial charge in [0.25, 0.3) is 0 Å². The van der Waals surface area contributed by atoms with Gasteiger partial charge in [-0.15, -0.1) is 0 Å². The van der Waals surface area contributed by atoms with Gasteiger partial charge in [-0.2, -0.15) is 17.0 Å². The number of carbonyl (C=O) groups is 3. The molecule has 0 aliphatic carbocycles. The van der Waals surface area contributed by atoms with Crippen LogP contribution in [0.4, 0.5) is 4.79 Å². The van der Waals surface area contributed by atoms with Crippen LogP contribution in [0.3, 0.4) is 0 Å². The van der Waals surface area contributed by atoms with Crippen molar-refractivity contribution in [3.63, 3.8) is 0 Å². The second kappa shape index (κ2) is 14.7. The molecule has 3 unspecified atom stereocenters. The summed E-state index contributed by atoms with van der Waals surface area (Å²) in [5.74, 6) is -0.259. The number of amides is 3. The number of aryl methyl sites for hydroxylation is 2. The molecule has 0 saturated carbocycles. The van der Waals surface area contributed by atoms with Crippen LogP contribution in [0.1, 0.15) is 76.6 Å². The van der Waals surface area contributed by atoms with Crippen LogP contribution in [0.5, 0.6) is 0 Å². The summed E-state index contributed by atoms with van der Waals surface area (Å²) in [6, 6.07) is 5.68. The van der Waals surface area contributed by atoms with Gasteiger partial charge in [-0.25, -0.2) is 4.79 Å². The lowest BCUT2D eigenvalue weighted by molar-refractivity contribution is -0.142. The van der Waals surface area contributed by atoms with Crippen molar-refractivity contribution >= 4 is 29.7 Å². The third-order valence-electron chi connectivity index (χ3n) is 5.35. The number of nitrogens with one attached hydrogen (secondary N) is 2. The maximum Gasteiger partial charge on any atom is 0.408 e. The second-order valence-electron chi connectivity index (χ2n) is 10.1. The summed E-state index contributed by atoms with van der Waals surface area (Å²) in [6.07, 6.45) is 3.20. The van der Waals surface area contributed by atoms with E-state index in [0.717, 1.165) is 24.0 Å². The molecule has 8 nitrogen and oxygen atoms in total. The van der Waals surface area contributed by atoms with Gasteiger partial charge in [0.2, 0.25) is 11.8 Å². The van der Waals surface area contributed by atoms with Crippen molar-refractivity contribution < 1.29 is 19.1 Å². The molecule has 0 aliphatic heterocycles. The Bertz CT molecular complexity index is 918. The molecule has 0 aromatic heterocycles. The zero-order chi connectivity index (χ0) is 27.5. The van der Waals surface area contributed by atoms with E-state index < -0.39 is 29.7 Å². The lowest BCUT2D eigenvalue weighted by atomic mass is 9.98. The highest BCUT2D eigenvalue weighted by Gasteiger charge is 2.36. The summed E-state index contributed by atoms with van der Waals surface area (Å²) in [4.78, 5) is 41.3. The van der Waals surface area contributed by atoms with Crippen molar-refractivity contribution in [2.75, 3.05) is 18.6 Å². The summed E-state index contributed by atoms with van der Waals surface area (Å²) in [7, 11) is 0. The molecule has 0 fully saturated rings. The van der Waals surface area contributed by atoms with Crippen LogP contribution in [0.2, 0.25) is 0 Å². The van der Waals surface area contributed by atoms with Crippen molar-refractivity contribution in [3.8, 4) is 6.07 Å². The van der Waals surface area contributed by atoms with Crippen molar-refractivity contribution in [2.45, 2.75) is 91.5 Å². The van der Waals surface area contributed by atoms with Crippen LogP contribution in [-0.4, -0.2) is 59.0 Å². The largest absolute Gasteiger partial charge is 0.444 e. The highest BCUT2D eigenvalue weighted by Crippen LogP contribution is 2.26. The van der Waals surface area contributed by atoms with Crippen molar-refractivity contribution in [3.05, 3.63) is 34.9 Å². The number of alkyl carbamates (subject to hydrolysis) is 1. The van der Waals surface area contributed by atoms with Crippen LogP contribution in [-0.2, 0) is 14.3 Å². The van der Waals surface area contributed by atoms with E-state index in [4.69, 9.17) is 4.74 Å². The number of ether oxygens (including phenoxy) is 1. The number of thioether (sulfide) groups is 1. The van der Waals surface area contributed by atoms with Crippen molar-refractivity contribution in [2.24, 2.45) is 0 Å². The first-order valence-corrected chi connectivity index (χ1v) is 13.8. The predicted octanol–water partition coefficient (Wildman–Crippen LogP) is 4.65. The first-order valence-electron chi connectivity index (χ1n) is 12.4. The number of nitriles is 1. The first kappa shape index (κ1) is 31.3. The van der Waals surface area contributed by atoms with E-state index in [-0.39, 0.29) is 18.5 Å². The molecule has 36 heavy (non-hydrogen) atoms. The highest BCUT2D eigenvalue weighted by atomic mass is 32.2. The number of hydrogen-bond donors (Lipinski definition) is 2. The molecule has 3 amide bonds. The summed E-state index contributed by atoms with van der Waals surface area (Å²) in [5.41, 5.74) is 1.78. The number of rotatable bonds is 12. The number of carbonyl (C=O) groups excluding carboxylic acids is 3. The lowest BCUT2D eigenvalue weighted by Crippen LogP contribution is -2.54.